The van der Waals surface area contributed by atoms with Gasteiger partial charge in [0, 0.05) is 0 Å². The molecule has 0 bridgehead atoms. The minimum absolute atomic E-state index is 0.545. The van der Waals surface area contributed by atoms with Crippen molar-refractivity contribution in [2.45, 2.75) is 6.29 Å². The lowest BCUT2D eigenvalue weighted by Gasteiger charge is -1.93. The number of carbonyl (C=O) groups excluding carboxylic acids is 1. The number of hydrogen-bond acceptors (Lipinski definition) is 3. The van der Waals surface area contributed by atoms with E-state index in [-0.39, 0.29) is 0 Å². The van der Waals surface area contributed by atoms with Crippen molar-refractivity contribution < 1.29 is 14.3 Å². The Kier molecular flexibility index (Phi) is 5.06. The first-order valence-electron chi connectivity index (χ1n) is 2.62. The maximum absolute atomic E-state index is 9.76. The maximum atomic E-state index is 9.76. The predicted octanol–water partition coefficient (Wildman–Crippen LogP) is 0.360. The highest BCUT2D eigenvalue weighted by Gasteiger charge is 2.12. The summed E-state index contributed by atoms with van der Waals surface area (Å²) in [6, 6.07) is 0. The summed E-state index contributed by atoms with van der Waals surface area (Å²) < 4.78 is 9.42. The van der Waals surface area contributed by atoms with Gasteiger partial charge in [-0.3, -0.25) is 4.79 Å². The van der Waals surface area contributed by atoms with Crippen LogP contribution in [0.15, 0.2) is 13.2 Å². The zero-order valence-electron chi connectivity index (χ0n) is 5.21. The fraction of sp³-hybridized carbons (Fsp3) is 0.500. The van der Waals surface area contributed by atoms with Crippen LogP contribution in [-0.2, 0) is 14.3 Å². The lowest BCUT2D eigenvalue weighted by molar-refractivity contribution is -0.130. The van der Waals surface area contributed by atoms with Crippen molar-refractivity contribution in [3.63, 3.8) is 0 Å². The van der Waals surface area contributed by atoms with Gasteiger partial charge in [0.05, 0.1) is 13.2 Å². The summed E-state index contributed by atoms with van der Waals surface area (Å²) >= 11 is 0. The van der Waals surface area contributed by atoms with Crippen molar-refractivity contribution in [1.82, 2.24) is 0 Å². The van der Waals surface area contributed by atoms with Crippen LogP contribution in [0, 0.1) is 0 Å². The lowest BCUT2D eigenvalue weighted by Crippen LogP contribution is -2.07. The molecule has 3 heteroatoms. The third-order valence-corrected chi connectivity index (χ3v) is 0.759. The zero-order valence-corrected chi connectivity index (χ0v) is 5.21. The molecule has 3 nitrogen and oxygen atoms in total. The summed E-state index contributed by atoms with van der Waals surface area (Å²) in [6.07, 6.45) is 0.0625. The zero-order chi connectivity index (χ0) is 7.11. The molecule has 1 heterocycles. The number of carbonyl (C=O) groups is 1. The summed E-state index contributed by atoms with van der Waals surface area (Å²) in [5.74, 6) is 0. The van der Waals surface area contributed by atoms with E-state index in [1.807, 2.05) is 0 Å². The molecular formula is C6H10O3. The molecule has 0 atom stereocenters. The van der Waals surface area contributed by atoms with Crippen LogP contribution in [0.5, 0.6) is 0 Å². The maximum Gasteiger partial charge on any atom is 0.214 e. The van der Waals surface area contributed by atoms with E-state index in [0.29, 0.717) is 19.5 Å². The summed E-state index contributed by atoms with van der Waals surface area (Å²) in [5, 5.41) is 0. The Morgan fingerprint density at radius 3 is 2.00 bits per heavy atom. The highest BCUT2D eigenvalue weighted by Crippen LogP contribution is 1.98. The molecule has 52 valence electrons. The molecule has 1 saturated heterocycles. The minimum Gasteiger partial charge on any atom is -0.344 e. The second-order valence-electron chi connectivity index (χ2n) is 1.25. The van der Waals surface area contributed by atoms with Gasteiger partial charge in [-0.1, -0.05) is 0 Å². The molecule has 1 aliphatic heterocycles. The van der Waals surface area contributed by atoms with Gasteiger partial charge in [0.1, 0.15) is 0 Å². The van der Waals surface area contributed by atoms with Gasteiger partial charge in [-0.25, -0.2) is 0 Å². The normalized spacial score (nSPS) is 18.2. The average Bonchev–Trinajstić information content (AvgIpc) is 2.43. The largest absolute Gasteiger partial charge is 0.344 e. The minimum atomic E-state index is -0.583. The first-order chi connectivity index (χ1) is 4.43. The Morgan fingerprint density at radius 1 is 1.33 bits per heavy atom. The van der Waals surface area contributed by atoms with Crippen molar-refractivity contribution in [2.75, 3.05) is 13.2 Å². The molecule has 0 amide bonds. The SMILES string of the molecule is C=C.O=CC1OCCO1. The van der Waals surface area contributed by atoms with Crippen LogP contribution in [0.4, 0.5) is 0 Å². The monoisotopic (exact) mass is 130 g/mol. The molecule has 0 saturated carbocycles. The standard InChI is InChI=1S/C4H6O3.C2H4/c5-3-4-6-1-2-7-4;1-2/h3-4H,1-2H2;1-2H2. The van der Waals surface area contributed by atoms with Crippen molar-refractivity contribution >= 4 is 6.29 Å². The number of aldehydes is 1. The van der Waals surface area contributed by atoms with Gasteiger partial charge in [-0.05, 0) is 0 Å². The van der Waals surface area contributed by atoms with E-state index in [9.17, 15) is 4.79 Å². The Bertz CT molecular complexity index is 76.4. The Hall–Kier alpha value is -0.670. The van der Waals surface area contributed by atoms with Gasteiger partial charge in [0.15, 0.2) is 6.29 Å². The Labute approximate surface area is 54.3 Å². The van der Waals surface area contributed by atoms with Crippen molar-refractivity contribution in [2.24, 2.45) is 0 Å². The van der Waals surface area contributed by atoms with Crippen LogP contribution in [0.1, 0.15) is 0 Å². The van der Waals surface area contributed by atoms with Gasteiger partial charge in [-0.15, -0.1) is 13.2 Å². The van der Waals surface area contributed by atoms with Crippen LogP contribution in [0.3, 0.4) is 0 Å². The predicted molar refractivity (Wildman–Crippen MR) is 33.0 cm³/mol. The number of rotatable bonds is 1. The summed E-state index contributed by atoms with van der Waals surface area (Å²) in [6.45, 7) is 7.09. The van der Waals surface area contributed by atoms with Gasteiger partial charge in [-0.2, -0.15) is 0 Å². The molecule has 0 aliphatic carbocycles. The topological polar surface area (TPSA) is 35.5 Å². The van der Waals surface area contributed by atoms with E-state index >= 15 is 0 Å². The van der Waals surface area contributed by atoms with Gasteiger partial charge >= 0.3 is 0 Å². The van der Waals surface area contributed by atoms with E-state index in [2.05, 4.69) is 13.2 Å². The van der Waals surface area contributed by atoms with Crippen molar-refractivity contribution in [1.29, 1.82) is 0 Å². The van der Waals surface area contributed by atoms with E-state index in [4.69, 9.17) is 9.47 Å². The lowest BCUT2D eigenvalue weighted by atomic mass is 10.7. The van der Waals surface area contributed by atoms with Crippen molar-refractivity contribution in [3.8, 4) is 0 Å². The fourth-order valence-corrected chi connectivity index (χ4v) is 0.455. The molecule has 9 heavy (non-hydrogen) atoms. The molecule has 1 rings (SSSR count). The Morgan fingerprint density at radius 2 is 1.78 bits per heavy atom. The van der Waals surface area contributed by atoms with E-state index in [1.54, 1.807) is 0 Å². The van der Waals surface area contributed by atoms with Crippen LogP contribution >= 0.6 is 0 Å². The van der Waals surface area contributed by atoms with Gasteiger partial charge < -0.3 is 9.47 Å². The molecule has 1 fully saturated rings. The summed E-state index contributed by atoms with van der Waals surface area (Å²) in [7, 11) is 0. The molecule has 0 unspecified atom stereocenters. The van der Waals surface area contributed by atoms with E-state index in [1.165, 1.54) is 0 Å². The second-order valence-corrected chi connectivity index (χ2v) is 1.25. The molecular weight excluding hydrogens is 120 g/mol. The fourth-order valence-electron chi connectivity index (χ4n) is 0.455. The smallest absolute Gasteiger partial charge is 0.214 e. The number of ether oxygens (including phenoxy) is 2. The van der Waals surface area contributed by atoms with Crippen LogP contribution in [0.2, 0.25) is 0 Å². The third kappa shape index (κ3) is 3.00. The van der Waals surface area contributed by atoms with Crippen LogP contribution in [0.25, 0.3) is 0 Å². The molecule has 0 aromatic rings. The van der Waals surface area contributed by atoms with Crippen LogP contribution < -0.4 is 0 Å². The summed E-state index contributed by atoms with van der Waals surface area (Å²) in [4.78, 5) is 9.76. The van der Waals surface area contributed by atoms with Crippen molar-refractivity contribution in [3.05, 3.63) is 13.2 Å². The molecule has 0 spiro atoms. The molecule has 0 aromatic carbocycles. The molecule has 0 aromatic heterocycles. The quantitative estimate of drug-likeness (QED) is 0.380. The molecule has 1 aliphatic rings. The molecule has 0 N–H and O–H groups in total. The summed E-state index contributed by atoms with van der Waals surface area (Å²) in [5.41, 5.74) is 0. The first-order valence-corrected chi connectivity index (χ1v) is 2.62. The van der Waals surface area contributed by atoms with E-state index < -0.39 is 6.29 Å². The molecule has 0 radical (unpaired) electrons. The van der Waals surface area contributed by atoms with E-state index in [0.717, 1.165) is 0 Å². The Balaban J connectivity index is 0.000000291. The van der Waals surface area contributed by atoms with Gasteiger partial charge in [0.25, 0.3) is 0 Å². The highest BCUT2D eigenvalue weighted by atomic mass is 16.7. The average molecular weight is 130 g/mol. The highest BCUT2D eigenvalue weighted by molar-refractivity contribution is 5.54. The third-order valence-electron chi connectivity index (χ3n) is 0.759. The van der Waals surface area contributed by atoms with Gasteiger partial charge in [0.2, 0.25) is 6.29 Å². The van der Waals surface area contributed by atoms with Crippen LogP contribution in [-0.4, -0.2) is 25.8 Å². The number of hydrogen-bond donors (Lipinski definition) is 0. The second kappa shape index (κ2) is 5.47. The first kappa shape index (κ1) is 8.33.